The molecular weight excluding hydrogens is 504 g/mol. The van der Waals surface area contributed by atoms with Gasteiger partial charge in [0.15, 0.2) is 11.5 Å². The van der Waals surface area contributed by atoms with Crippen LogP contribution < -0.4 is 0 Å². The molecule has 0 spiro atoms. The van der Waals surface area contributed by atoms with Crippen LogP contribution in [0, 0.1) is 0 Å². The average molecular weight is 526 g/mol. The van der Waals surface area contributed by atoms with E-state index in [1.165, 1.54) is 6.04 Å². The third kappa shape index (κ3) is 5.93. The standard InChI is InChI=1S/C12H18BrN3OSi.C6H4BrN3/c1-18(2,3)7-6-17-9-16-5-4-10-12(16)14-8-11(13)15-10;7-5-3-9-6-4(10-5)1-2-8-6/h4-5,8H,6-7,9H2,1-3H3;1-3H,(H,8,9). The summed E-state index contributed by atoms with van der Waals surface area (Å²) in [7, 11) is -1.01. The number of rotatable bonds is 5. The second-order valence-corrected chi connectivity index (χ2v) is 14.7. The van der Waals surface area contributed by atoms with Crippen molar-refractivity contribution in [2.75, 3.05) is 6.61 Å². The Hall–Kier alpha value is -1.62. The zero-order valence-corrected chi connectivity index (χ0v) is 20.2. The Labute approximate surface area is 181 Å². The van der Waals surface area contributed by atoms with E-state index in [1.807, 2.05) is 22.9 Å². The maximum atomic E-state index is 5.71. The van der Waals surface area contributed by atoms with Gasteiger partial charge in [0.2, 0.25) is 0 Å². The number of aromatic amines is 1. The molecule has 7 nitrogen and oxygen atoms in total. The highest BCUT2D eigenvalue weighted by atomic mass is 79.9. The van der Waals surface area contributed by atoms with E-state index in [9.17, 15) is 0 Å². The smallest absolute Gasteiger partial charge is 0.160 e. The van der Waals surface area contributed by atoms with Gasteiger partial charge in [-0.3, -0.25) is 0 Å². The van der Waals surface area contributed by atoms with E-state index in [0.717, 1.165) is 38.5 Å². The summed E-state index contributed by atoms with van der Waals surface area (Å²) in [5.41, 5.74) is 2.64. The van der Waals surface area contributed by atoms with E-state index in [4.69, 9.17) is 4.74 Å². The van der Waals surface area contributed by atoms with Crippen LogP contribution in [-0.4, -0.2) is 44.2 Å². The van der Waals surface area contributed by atoms with Gasteiger partial charge in [-0.1, -0.05) is 19.6 Å². The fourth-order valence-corrected chi connectivity index (χ4v) is 3.74. The van der Waals surface area contributed by atoms with Crippen molar-refractivity contribution in [1.29, 1.82) is 0 Å². The highest BCUT2D eigenvalue weighted by molar-refractivity contribution is 9.10. The van der Waals surface area contributed by atoms with E-state index in [-0.39, 0.29) is 0 Å². The number of halogens is 2. The summed E-state index contributed by atoms with van der Waals surface area (Å²) in [5.74, 6) is 0.822. The Balaban J connectivity index is 0.000000188. The summed E-state index contributed by atoms with van der Waals surface area (Å²) in [6.07, 6.45) is 7.16. The van der Waals surface area contributed by atoms with Crippen molar-refractivity contribution in [3.63, 3.8) is 0 Å². The van der Waals surface area contributed by atoms with E-state index < -0.39 is 8.07 Å². The minimum absolute atomic E-state index is 0.546. The lowest BCUT2D eigenvalue weighted by molar-refractivity contribution is 0.0899. The molecule has 0 aliphatic carbocycles. The molecule has 1 N–H and O–H groups in total. The summed E-state index contributed by atoms with van der Waals surface area (Å²) in [6.45, 7) is 8.42. The number of aromatic nitrogens is 6. The van der Waals surface area contributed by atoms with Crippen LogP contribution in [-0.2, 0) is 11.5 Å². The highest BCUT2D eigenvalue weighted by Gasteiger charge is 2.12. The van der Waals surface area contributed by atoms with E-state index in [0.29, 0.717) is 6.73 Å². The Bertz CT molecular complexity index is 1010. The molecule has 0 unspecified atom stereocenters. The SMILES string of the molecule is Brc1c[nH]c2nccc-2n1.C[Si](C)(C)CCOCn1ccc2nc(Br)cnc21. The van der Waals surface area contributed by atoms with Crippen molar-refractivity contribution >= 4 is 51.1 Å². The molecule has 2 aromatic heterocycles. The van der Waals surface area contributed by atoms with Gasteiger partial charge in [-0.25, -0.2) is 19.9 Å². The predicted molar refractivity (Wildman–Crippen MR) is 120 cm³/mol. The van der Waals surface area contributed by atoms with Crippen LogP contribution in [0.4, 0.5) is 0 Å². The average Bonchev–Trinajstić information content (AvgIpc) is 3.24. The van der Waals surface area contributed by atoms with Gasteiger partial charge in [0.1, 0.15) is 27.1 Å². The Morgan fingerprint density at radius 1 is 1.11 bits per heavy atom. The predicted octanol–water partition coefficient (Wildman–Crippen LogP) is 5.18. The maximum absolute atomic E-state index is 5.71. The molecule has 0 saturated heterocycles. The molecule has 0 atom stereocenters. The van der Waals surface area contributed by atoms with E-state index in [2.05, 4.69) is 76.4 Å². The van der Waals surface area contributed by atoms with Gasteiger partial charge in [0.05, 0.1) is 6.20 Å². The fourth-order valence-electron chi connectivity index (χ4n) is 2.39. The number of H-pyrrole nitrogens is 1. The fraction of sp³-hybridized carbons (Fsp3) is 0.333. The number of ether oxygens (including phenoxy) is 1. The third-order valence-electron chi connectivity index (χ3n) is 3.89. The third-order valence-corrected chi connectivity index (χ3v) is 6.39. The number of nitrogens with zero attached hydrogens (tertiary/aromatic N) is 5. The zero-order valence-electron chi connectivity index (χ0n) is 16.0. The minimum atomic E-state index is -1.01. The molecule has 28 heavy (non-hydrogen) atoms. The molecule has 2 aliphatic heterocycles. The summed E-state index contributed by atoms with van der Waals surface area (Å²) in [5, 5.41) is 0. The zero-order chi connectivity index (χ0) is 20.1. The number of fused-ring (bicyclic) bond motifs is 2. The van der Waals surface area contributed by atoms with Gasteiger partial charge in [0, 0.05) is 33.3 Å². The molecule has 4 heterocycles. The molecule has 0 fully saturated rings. The first-order valence-corrected chi connectivity index (χ1v) is 14.1. The van der Waals surface area contributed by atoms with Gasteiger partial charge in [-0.2, -0.15) is 0 Å². The lowest BCUT2D eigenvalue weighted by Gasteiger charge is -2.15. The van der Waals surface area contributed by atoms with Crippen LogP contribution in [0.1, 0.15) is 0 Å². The van der Waals surface area contributed by atoms with Gasteiger partial charge in [0.25, 0.3) is 0 Å². The Morgan fingerprint density at radius 3 is 2.71 bits per heavy atom. The van der Waals surface area contributed by atoms with Crippen LogP contribution >= 0.6 is 31.9 Å². The van der Waals surface area contributed by atoms with Crippen LogP contribution in [0.3, 0.4) is 0 Å². The number of hydrogen-bond donors (Lipinski definition) is 1. The Morgan fingerprint density at radius 2 is 1.93 bits per heavy atom. The molecule has 2 aliphatic rings. The second kappa shape index (κ2) is 9.25. The molecule has 148 valence electrons. The monoisotopic (exact) mass is 524 g/mol. The molecular formula is C18H22Br2N6OSi. The van der Waals surface area contributed by atoms with Crippen molar-refractivity contribution in [2.45, 2.75) is 32.4 Å². The molecule has 0 bridgehead atoms. The van der Waals surface area contributed by atoms with Crippen molar-refractivity contribution < 1.29 is 4.74 Å². The van der Waals surface area contributed by atoms with Crippen LogP contribution in [0.15, 0.2) is 46.1 Å². The lowest BCUT2D eigenvalue weighted by atomic mass is 10.4. The first-order valence-electron chi connectivity index (χ1n) is 8.82. The van der Waals surface area contributed by atoms with Gasteiger partial charge < -0.3 is 14.3 Å². The first-order chi connectivity index (χ1) is 13.3. The molecule has 4 rings (SSSR count). The van der Waals surface area contributed by atoms with Crippen molar-refractivity contribution in [3.8, 4) is 11.5 Å². The summed E-state index contributed by atoms with van der Waals surface area (Å²) in [6, 6.07) is 5.00. The van der Waals surface area contributed by atoms with E-state index in [1.54, 1.807) is 18.6 Å². The maximum Gasteiger partial charge on any atom is 0.160 e. The van der Waals surface area contributed by atoms with E-state index >= 15 is 0 Å². The van der Waals surface area contributed by atoms with Gasteiger partial charge in [-0.15, -0.1) is 0 Å². The first kappa shape index (κ1) is 21.1. The summed E-state index contributed by atoms with van der Waals surface area (Å²) in [4.78, 5) is 19.9. The van der Waals surface area contributed by atoms with Crippen LogP contribution in [0.2, 0.25) is 25.7 Å². The quantitative estimate of drug-likeness (QED) is 0.287. The second-order valence-electron chi connectivity index (χ2n) is 7.44. The molecule has 0 radical (unpaired) electrons. The molecule has 10 heteroatoms. The summed E-state index contributed by atoms with van der Waals surface area (Å²) >= 11 is 6.56. The van der Waals surface area contributed by atoms with Gasteiger partial charge >= 0.3 is 0 Å². The molecule has 0 saturated carbocycles. The Kier molecular flexibility index (Phi) is 6.97. The topological polar surface area (TPSA) is 81.5 Å². The number of hydrogen-bond acceptors (Lipinski definition) is 5. The normalized spacial score (nSPS) is 11.6. The largest absolute Gasteiger partial charge is 0.361 e. The highest BCUT2D eigenvalue weighted by Crippen LogP contribution is 2.16. The van der Waals surface area contributed by atoms with Crippen LogP contribution in [0.25, 0.3) is 22.7 Å². The molecule has 0 aromatic carbocycles. The minimum Gasteiger partial charge on any atom is -0.361 e. The van der Waals surface area contributed by atoms with Crippen LogP contribution in [0.5, 0.6) is 0 Å². The van der Waals surface area contributed by atoms with Gasteiger partial charge in [-0.05, 0) is 50.0 Å². The summed E-state index contributed by atoms with van der Waals surface area (Å²) < 4.78 is 9.25. The van der Waals surface area contributed by atoms with Crippen molar-refractivity contribution in [3.05, 3.63) is 46.1 Å². The molecule has 2 aromatic rings. The van der Waals surface area contributed by atoms with Crippen molar-refractivity contribution in [1.82, 2.24) is 29.5 Å². The lowest BCUT2D eigenvalue weighted by Crippen LogP contribution is -2.22. The number of nitrogens with one attached hydrogen (secondary N) is 1. The molecule has 0 amide bonds. The van der Waals surface area contributed by atoms with Crippen molar-refractivity contribution in [2.24, 2.45) is 0 Å².